The van der Waals surface area contributed by atoms with Crippen LogP contribution in [0.15, 0.2) is 54.6 Å². The van der Waals surface area contributed by atoms with E-state index in [1.54, 1.807) is 7.11 Å². The van der Waals surface area contributed by atoms with E-state index in [2.05, 4.69) is 35.8 Å². The van der Waals surface area contributed by atoms with Crippen molar-refractivity contribution in [1.29, 1.82) is 0 Å². The minimum atomic E-state index is -0.307. The van der Waals surface area contributed by atoms with E-state index >= 15 is 0 Å². The van der Waals surface area contributed by atoms with Gasteiger partial charge in [-0.2, -0.15) is 0 Å². The Balaban J connectivity index is 1.22. The van der Waals surface area contributed by atoms with Crippen molar-refractivity contribution in [3.8, 4) is 11.5 Å². The molecule has 2 unspecified atom stereocenters. The third-order valence-corrected chi connectivity index (χ3v) is 7.96. The van der Waals surface area contributed by atoms with Crippen molar-refractivity contribution in [1.82, 2.24) is 9.80 Å². The summed E-state index contributed by atoms with van der Waals surface area (Å²) in [6.07, 6.45) is 4.24. The largest absolute Gasteiger partial charge is 0.497 e. The quantitative estimate of drug-likeness (QED) is 0.625. The standard InChI is InChI=1S/C28H36N2O3/c1-20(2)30-19-25(33-24-7-5-4-6-8-24)26(30)21-13-17-29(18-14-21)27(31)28(15-16-28)22-9-11-23(32-3)12-10-22/h4-12,20-21,25-26H,13-19H2,1-3H3. The summed E-state index contributed by atoms with van der Waals surface area (Å²) in [6.45, 7) is 7.23. The van der Waals surface area contributed by atoms with Gasteiger partial charge in [0.25, 0.3) is 0 Å². The minimum absolute atomic E-state index is 0.233. The van der Waals surface area contributed by atoms with Crippen molar-refractivity contribution in [3.05, 3.63) is 60.2 Å². The number of carbonyl (C=O) groups is 1. The van der Waals surface area contributed by atoms with Gasteiger partial charge < -0.3 is 14.4 Å². The van der Waals surface area contributed by atoms with Gasteiger partial charge in [-0.3, -0.25) is 9.69 Å². The fourth-order valence-electron chi connectivity index (χ4n) is 5.83. The molecule has 2 saturated heterocycles. The summed E-state index contributed by atoms with van der Waals surface area (Å²) in [7, 11) is 1.68. The molecule has 0 radical (unpaired) electrons. The molecule has 5 nitrogen and oxygen atoms in total. The lowest BCUT2D eigenvalue weighted by molar-refractivity contribution is -0.138. The molecule has 1 saturated carbocycles. The fraction of sp³-hybridized carbons (Fsp3) is 0.536. The third-order valence-electron chi connectivity index (χ3n) is 7.96. The van der Waals surface area contributed by atoms with Crippen LogP contribution in [0.25, 0.3) is 0 Å². The summed E-state index contributed by atoms with van der Waals surface area (Å²) >= 11 is 0. The molecule has 0 aromatic heterocycles. The zero-order valence-electron chi connectivity index (χ0n) is 20.1. The number of amides is 1. The van der Waals surface area contributed by atoms with Crippen LogP contribution in [0.2, 0.25) is 0 Å². The number of benzene rings is 2. The Kier molecular flexibility index (Phi) is 6.09. The Hall–Kier alpha value is -2.53. The van der Waals surface area contributed by atoms with E-state index in [0.29, 0.717) is 23.9 Å². The Morgan fingerprint density at radius 1 is 0.970 bits per heavy atom. The summed E-state index contributed by atoms with van der Waals surface area (Å²) in [5, 5.41) is 0. The molecule has 0 N–H and O–H groups in total. The number of methoxy groups -OCH3 is 1. The number of nitrogens with zero attached hydrogens (tertiary/aromatic N) is 2. The molecule has 0 spiro atoms. The summed E-state index contributed by atoms with van der Waals surface area (Å²) < 4.78 is 11.7. The second-order valence-electron chi connectivity index (χ2n) is 10.2. The van der Waals surface area contributed by atoms with Crippen LogP contribution in [-0.2, 0) is 10.2 Å². The highest BCUT2D eigenvalue weighted by atomic mass is 16.5. The predicted molar refractivity (Wildman–Crippen MR) is 130 cm³/mol. The van der Waals surface area contributed by atoms with Gasteiger partial charge in [0.1, 0.15) is 17.6 Å². The number of para-hydroxylation sites is 1. The zero-order chi connectivity index (χ0) is 23.0. The first-order chi connectivity index (χ1) is 16.0. The summed E-state index contributed by atoms with van der Waals surface area (Å²) in [5.41, 5.74) is 0.829. The minimum Gasteiger partial charge on any atom is -0.497 e. The highest BCUT2D eigenvalue weighted by molar-refractivity contribution is 5.91. The Bertz CT molecular complexity index is 947. The average molecular weight is 449 g/mol. The molecule has 2 aromatic rings. The number of rotatable bonds is 7. The molecule has 2 heterocycles. The second kappa shape index (κ2) is 9.02. The second-order valence-corrected chi connectivity index (χ2v) is 10.2. The van der Waals surface area contributed by atoms with Gasteiger partial charge in [-0.25, -0.2) is 0 Å². The Morgan fingerprint density at radius 3 is 2.21 bits per heavy atom. The monoisotopic (exact) mass is 448 g/mol. The molecule has 3 aliphatic rings. The number of hydrogen-bond acceptors (Lipinski definition) is 4. The number of hydrogen-bond donors (Lipinski definition) is 0. The van der Waals surface area contributed by atoms with Crippen molar-refractivity contribution in [2.24, 2.45) is 5.92 Å². The first kappa shape index (κ1) is 22.3. The van der Waals surface area contributed by atoms with Crippen LogP contribution >= 0.6 is 0 Å². The highest BCUT2D eigenvalue weighted by Crippen LogP contribution is 2.50. The van der Waals surface area contributed by atoms with Crippen LogP contribution < -0.4 is 9.47 Å². The molecule has 1 amide bonds. The molecule has 5 rings (SSSR count). The lowest BCUT2D eigenvalue weighted by Gasteiger charge is -2.54. The van der Waals surface area contributed by atoms with Crippen molar-refractivity contribution < 1.29 is 14.3 Å². The lowest BCUT2D eigenvalue weighted by Crippen LogP contribution is -2.68. The molecular formula is C28H36N2O3. The van der Waals surface area contributed by atoms with Gasteiger partial charge in [0.05, 0.1) is 18.6 Å². The number of carbonyl (C=O) groups excluding carboxylic acids is 1. The lowest BCUT2D eigenvalue weighted by atomic mass is 9.79. The summed E-state index contributed by atoms with van der Waals surface area (Å²) in [4.78, 5) is 18.2. The van der Waals surface area contributed by atoms with Crippen molar-refractivity contribution in [3.63, 3.8) is 0 Å². The summed E-state index contributed by atoms with van der Waals surface area (Å²) in [6, 6.07) is 19.2. The van der Waals surface area contributed by atoms with E-state index in [0.717, 1.165) is 62.4 Å². The van der Waals surface area contributed by atoms with Crippen molar-refractivity contribution >= 4 is 5.91 Å². The van der Waals surface area contributed by atoms with Gasteiger partial charge in [0.2, 0.25) is 5.91 Å². The molecule has 2 aromatic carbocycles. The van der Waals surface area contributed by atoms with Gasteiger partial charge in [-0.15, -0.1) is 0 Å². The fourth-order valence-corrected chi connectivity index (χ4v) is 5.83. The van der Waals surface area contributed by atoms with E-state index < -0.39 is 0 Å². The van der Waals surface area contributed by atoms with E-state index in [9.17, 15) is 4.79 Å². The topological polar surface area (TPSA) is 42.0 Å². The third kappa shape index (κ3) is 4.23. The number of ether oxygens (including phenoxy) is 2. The van der Waals surface area contributed by atoms with Crippen LogP contribution in [0.5, 0.6) is 11.5 Å². The molecule has 2 atom stereocenters. The van der Waals surface area contributed by atoms with Crippen LogP contribution in [0, 0.1) is 5.92 Å². The van der Waals surface area contributed by atoms with E-state index in [1.807, 2.05) is 42.5 Å². The molecule has 33 heavy (non-hydrogen) atoms. The molecular weight excluding hydrogens is 412 g/mol. The van der Waals surface area contributed by atoms with Gasteiger partial charge in [0.15, 0.2) is 0 Å². The first-order valence-electron chi connectivity index (χ1n) is 12.4. The zero-order valence-corrected chi connectivity index (χ0v) is 20.1. The van der Waals surface area contributed by atoms with E-state index in [4.69, 9.17) is 9.47 Å². The molecule has 5 heteroatoms. The maximum atomic E-state index is 13.5. The summed E-state index contributed by atoms with van der Waals surface area (Å²) in [5.74, 6) is 2.68. The molecule has 3 fully saturated rings. The van der Waals surface area contributed by atoms with Gasteiger partial charge in [-0.05, 0) is 75.3 Å². The van der Waals surface area contributed by atoms with E-state index in [1.165, 1.54) is 0 Å². The average Bonchev–Trinajstić information content (AvgIpc) is 3.64. The SMILES string of the molecule is COc1ccc(C2(C(=O)N3CCC(C4C(Oc5ccccc5)CN4C(C)C)CC3)CC2)cc1. The molecule has 1 aliphatic carbocycles. The maximum Gasteiger partial charge on any atom is 0.233 e. The van der Waals surface area contributed by atoms with Crippen LogP contribution in [0.1, 0.15) is 45.1 Å². The van der Waals surface area contributed by atoms with Crippen LogP contribution in [-0.4, -0.2) is 60.6 Å². The highest BCUT2D eigenvalue weighted by Gasteiger charge is 2.54. The van der Waals surface area contributed by atoms with Crippen LogP contribution in [0.3, 0.4) is 0 Å². The molecule has 2 aliphatic heterocycles. The van der Waals surface area contributed by atoms with Gasteiger partial charge >= 0.3 is 0 Å². The Labute approximate surface area is 197 Å². The van der Waals surface area contributed by atoms with Gasteiger partial charge in [0, 0.05) is 25.7 Å². The maximum absolute atomic E-state index is 13.5. The molecule has 0 bridgehead atoms. The van der Waals surface area contributed by atoms with Crippen LogP contribution in [0.4, 0.5) is 0 Å². The molecule has 176 valence electrons. The number of piperidine rings is 1. The normalized spacial score (nSPS) is 24.9. The van der Waals surface area contributed by atoms with Crippen molar-refractivity contribution in [2.75, 3.05) is 26.7 Å². The number of likely N-dealkylation sites (tertiary alicyclic amines) is 2. The van der Waals surface area contributed by atoms with Gasteiger partial charge in [-0.1, -0.05) is 30.3 Å². The predicted octanol–water partition coefficient (Wildman–Crippen LogP) is 4.51. The Morgan fingerprint density at radius 2 is 1.64 bits per heavy atom. The van der Waals surface area contributed by atoms with E-state index in [-0.39, 0.29) is 11.5 Å². The smallest absolute Gasteiger partial charge is 0.233 e. The van der Waals surface area contributed by atoms with Crippen molar-refractivity contribution in [2.45, 2.75) is 63.1 Å². The first-order valence-corrected chi connectivity index (χ1v) is 12.4.